The lowest BCUT2D eigenvalue weighted by Crippen LogP contribution is -2.42. The normalized spacial score (nSPS) is 27.8. The van der Waals surface area contributed by atoms with Gasteiger partial charge in [-0.1, -0.05) is 58.8 Å². The Labute approximate surface area is 128 Å². The van der Waals surface area contributed by atoms with E-state index in [4.69, 9.17) is 0 Å². The second kappa shape index (κ2) is 9.07. The molecule has 0 radical (unpaired) electrons. The largest absolute Gasteiger partial charge is 0.312 e. The third-order valence-electron chi connectivity index (χ3n) is 5.15. The fourth-order valence-corrected chi connectivity index (χ4v) is 3.69. The monoisotopic (exact) mass is 281 g/mol. The zero-order valence-corrected chi connectivity index (χ0v) is 14.8. The first-order chi connectivity index (χ1) is 9.46. The van der Waals surface area contributed by atoms with Gasteiger partial charge >= 0.3 is 0 Å². The van der Waals surface area contributed by atoms with Crippen molar-refractivity contribution < 1.29 is 0 Å². The summed E-state index contributed by atoms with van der Waals surface area (Å²) in [6.07, 6.45) is 13.0. The summed E-state index contributed by atoms with van der Waals surface area (Å²) < 4.78 is 0. The topological polar surface area (TPSA) is 12.0 Å². The second-order valence-corrected chi connectivity index (χ2v) is 8.09. The van der Waals surface area contributed by atoms with Crippen LogP contribution in [0.4, 0.5) is 0 Å². The van der Waals surface area contributed by atoms with Crippen molar-refractivity contribution in [1.82, 2.24) is 5.32 Å². The molecule has 20 heavy (non-hydrogen) atoms. The number of hydrogen-bond acceptors (Lipinski definition) is 1. The van der Waals surface area contributed by atoms with Crippen LogP contribution in [0.25, 0.3) is 0 Å². The standard InChI is InChI=1S/C19H39N/c1-6-8-9-10-11-17-14-16(7-2)12-13-18(17)15-20-19(3,4)5/h16-18,20H,6-15H2,1-5H3. The van der Waals surface area contributed by atoms with Gasteiger partial charge in [-0.2, -0.15) is 0 Å². The molecule has 1 N–H and O–H groups in total. The van der Waals surface area contributed by atoms with Crippen LogP contribution < -0.4 is 5.32 Å². The van der Waals surface area contributed by atoms with Crippen molar-refractivity contribution in [2.75, 3.05) is 6.54 Å². The summed E-state index contributed by atoms with van der Waals surface area (Å²) in [6.45, 7) is 12.8. The molecule has 0 bridgehead atoms. The van der Waals surface area contributed by atoms with E-state index in [2.05, 4.69) is 39.9 Å². The Balaban J connectivity index is 2.42. The first-order valence-corrected chi connectivity index (χ1v) is 9.21. The fraction of sp³-hybridized carbons (Fsp3) is 1.00. The Hall–Kier alpha value is -0.0400. The predicted octanol–water partition coefficient (Wildman–Crippen LogP) is 5.79. The van der Waals surface area contributed by atoms with E-state index >= 15 is 0 Å². The van der Waals surface area contributed by atoms with Crippen LogP contribution in [-0.2, 0) is 0 Å². The van der Waals surface area contributed by atoms with Gasteiger partial charge in [-0.15, -0.1) is 0 Å². The summed E-state index contributed by atoms with van der Waals surface area (Å²) in [6, 6.07) is 0. The van der Waals surface area contributed by atoms with Crippen LogP contribution in [0.15, 0.2) is 0 Å². The van der Waals surface area contributed by atoms with E-state index < -0.39 is 0 Å². The molecule has 1 aliphatic rings. The zero-order chi connectivity index (χ0) is 15.0. The van der Waals surface area contributed by atoms with Crippen LogP contribution in [0.2, 0.25) is 0 Å². The van der Waals surface area contributed by atoms with Crippen LogP contribution in [0.3, 0.4) is 0 Å². The molecule has 3 unspecified atom stereocenters. The molecule has 0 aromatic rings. The van der Waals surface area contributed by atoms with Gasteiger partial charge in [0.1, 0.15) is 0 Å². The summed E-state index contributed by atoms with van der Waals surface area (Å²) >= 11 is 0. The highest BCUT2D eigenvalue weighted by molar-refractivity contribution is 4.83. The maximum atomic E-state index is 3.76. The van der Waals surface area contributed by atoms with Crippen molar-refractivity contribution in [2.24, 2.45) is 17.8 Å². The fourth-order valence-electron chi connectivity index (χ4n) is 3.69. The molecule has 0 aliphatic heterocycles. The molecule has 1 heteroatoms. The predicted molar refractivity (Wildman–Crippen MR) is 91.1 cm³/mol. The van der Waals surface area contributed by atoms with E-state index in [1.165, 1.54) is 64.3 Å². The quantitative estimate of drug-likeness (QED) is 0.555. The van der Waals surface area contributed by atoms with Gasteiger partial charge < -0.3 is 5.32 Å². The molecule has 1 rings (SSSR count). The molecule has 0 aromatic carbocycles. The molecule has 1 saturated carbocycles. The molecule has 120 valence electrons. The number of unbranched alkanes of at least 4 members (excludes halogenated alkanes) is 3. The molecule has 3 atom stereocenters. The lowest BCUT2D eigenvalue weighted by Gasteiger charge is -2.38. The Bertz CT molecular complexity index is 241. The summed E-state index contributed by atoms with van der Waals surface area (Å²) in [5.74, 6) is 2.93. The molecule has 1 aliphatic carbocycles. The maximum absolute atomic E-state index is 3.76. The van der Waals surface area contributed by atoms with Crippen molar-refractivity contribution in [3.05, 3.63) is 0 Å². The minimum Gasteiger partial charge on any atom is -0.312 e. The summed E-state index contributed by atoms with van der Waals surface area (Å²) in [5.41, 5.74) is 0.272. The van der Waals surface area contributed by atoms with Gasteiger partial charge in [-0.3, -0.25) is 0 Å². The third kappa shape index (κ3) is 7.11. The maximum Gasteiger partial charge on any atom is 0.00966 e. The highest BCUT2D eigenvalue weighted by Crippen LogP contribution is 2.38. The van der Waals surface area contributed by atoms with Crippen molar-refractivity contribution in [3.8, 4) is 0 Å². The van der Waals surface area contributed by atoms with Gasteiger partial charge in [-0.05, 0) is 57.9 Å². The zero-order valence-electron chi connectivity index (χ0n) is 14.8. The molecular weight excluding hydrogens is 242 g/mol. The average molecular weight is 282 g/mol. The summed E-state index contributed by atoms with van der Waals surface area (Å²) in [7, 11) is 0. The number of hydrogen-bond donors (Lipinski definition) is 1. The third-order valence-corrected chi connectivity index (χ3v) is 5.15. The van der Waals surface area contributed by atoms with Crippen molar-refractivity contribution in [2.45, 2.75) is 97.9 Å². The van der Waals surface area contributed by atoms with Crippen molar-refractivity contribution in [1.29, 1.82) is 0 Å². The van der Waals surface area contributed by atoms with Crippen molar-refractivity contribution >= 4 is 0 Å². The number of rotatable bonds is 8. The van der Waals surface area contributed by atoms with Gasteiger partial charge in [0.05, 0.1) is 0 Å². The average Bonchev–Trinajstić information content (AvgIpc) is 2.41. The molecule has 0 amide bonds. The molecule has 0 heterocycles. The van der Waals surface area contributed by atoms with E-state index in [1.807, 2.05) is 0 Å². The second-order valence-electron chi connectivity index (χ2n) is 8.09. The Morgan fingerprint density at radius 2 is 1.70 bits per heavy atom. The van der Waals surface area contributed by atoms with E-state index in [0.717, 1.165) is 17.8 Å². The van der Waals surface area contributed by atoms with Crippen LogP contribution >= 0.6 is 0 Å². The van der Waals surface area contributed by atoms with Gasteiger partial charge in [0.25, 0.3) is 0 Å². The molecule has 0 saturated heterocycles. The lowest BCUT2D eigenvalue weighted by atomic mass is 9.71. The smallest absolute Gasteiger partial charge is 0.00966 e. The minimum absolute atomic E-state index is 0.272. The van der Waals surface area contributed by atoms with Crippen LogP contribution in [-0.4, -0.2) is 12.1 Å². The Morgan fingerprint density at radius 3 is 2.30 bits per heavy atom. The molecule has 0 spiro atoms. The highest BCUT2D eigenvalue weighted by Gasteiger charge is 2.29. The van der Waals surface area contributed by atoms with Crippen LogP contribution in [0, 0.1) is 17.8 Å². The van der Waals surface area contributed by atoms with Crippen molar-refractivity contribution in [3.63, 3.8) is 0 Å². The van der Waals surface area contributed by atoms with Gasteiger partial charge in [0.2, 0.25) is 0 Å². The highest BCUT2D eigenvalue weighted by atomic mass is 14.9. The van der Waals surface area contributed by atoms with Crippen LogP contribution in [0.1, 0.15) is 92.4 Å². The first kappa shape index (κ1) is 18.0. The molecule has 1 fully saturated rings. The lowest BCUT2D eigenvalue weighted by molar-refractivity contribution is 0.152. The molecular formula is C19H39N. The van der Waals surface area contributed by atoms with Crippen LogP contribution in [0.5, 0.6) is 0 Å². The number of nitrogens with one attached hydrogen (secondary N) is 1. The van der Waals surface area contributed by atoms with E-state index in [-0.39, 0.29) is 5.54 Å². The SMILES string of the molecule is CCCCCCC1CC(CC)CCC1CNC(C)(C)C. The van der Waals surface area contributed by atoms with E-state index in [9.17, 15) is 0 Å². The summed E-state index contributed by atoms with van der Waals surface area (Å²) in [5, 5.41) is 3.76. The van der Waals surface area contributed by atoms with Gasteiger partial charge in [-0.25, -0.2) is 0 Å². The molecule has 0 aromatic heterocycles. The Kier molecular flexibility index (Phi) is 8.17. The first-order valence-electron chi connectivity index (χ1n) is 9.21. The Morgan fingerprint density at radius 1 is 0.950 bits per heavy atom. The molecule has 1 nitrogen and oxygen atoms in total. The summed E-state index contributed by atoms with van der Waals surface area (Å²) in [4.78, 5) is 0. The van der Waals surface area contributed by atoms with Gasteiger partial charge in [0.15, 0.2) is 0 Å². The minimum atomic E-state index is 0.272. The van der Waals surface area contributed by atoms with Gasteiger partial charge in [0, 0.05) is 5.54 Å². The van der Waals surface area contributed by atoms with E-state index in [1.54, 1.807) is 0 Å². The van der Waals surface area contributed by atoms with E-state index in [0.29, 0.717) is 0 Å².